The van der Waals surface area contributed by atoms with Gasteiger partial charge in [-0.3, -0.25) is 0 Å². The third-order valence-corrected chi connectivity index (χ3v) is 4.04. The van der Waals surface area contributed by atoms with Gasteiger partial charge < -0.3 is 9.88 Å². The van der Waals surface area contributed by atoms with Gasteiger partial charge in [0.05, 0.1) is 16.0 Å². The van der Waals surface area contributed by atoms with Gasteiger partial charge in [0.25, 0.3) is 0 Å². The van der Waals surface area contributed by atoms with E-state index in [2.05, 4.69) is 33.8 Å². The Labute approximate surface area is 116 Å². The number of nitrogens with zero attached hydrogens (tertiary/aromatic N) is 3. The maximum atomic E-state index is 4.58. The van der Waals surface area contributed by atoms with Crippen molar-refractivity contribution in [3.63, 3.8) is 0 Å². The number of para-hydroxylation sites is 2. The van der Waals surface area contributed by atoms with Crippen LogP contribution in [0.15, 0.2) is 30.5 Å². The Kier molecular flexibility index (Phi) is 3.21. The fourth-order valence-corrected chi connectivity index (χ4v) is 2.78. The summed E-state index contributed by atoms with van der Waals surface area (Å²) in [4.78, 5) is 15.7. The molecule has 0 unspecified atom stereocenters. The predicted molar refractivity (Wildman–Crippen MR) is 79.9 cm³/mol. The molecule has 0 fully saturated rings. The van der Waals surface area contributed by atoms with E-state index in [1.54, 1.807) is 11.3 Å². The van der Waals surface area contributed by atoms with E-state index in [1.165, 1.54) is 9.88 Å². The van der Waals surface area contributed by atoms with Gasteiger partial charge in [0, 0.05) is 31.1 Å². The SMILES string of the molecule is Cc1cnc(CCN(C)c2nc3ccccc3[nH]2)s1. The molecule has 0 amide bonds. The highest BCUT2D eigenvalue weighted by Crippen LogP contribution is 2.17. The van der Waals surface area contributed by atoms with Crippen molar-refractivity contribution in [2.75, 3.05) is 18.5 Å². The lowest BCUT2D eigenvalue weighted by atomic mass is 10.3. The second-order valence-electron chi connectivity index (χ2n) is 4.61. The van der Waals surface area contributed by atoms with Crippen LogP contribution in [0.1, 0.15) is 9.88 Å². The van der Waals surface area contributed by atoms with Crippen molar-refractivity contribution in [1.82, 2.24) is 15.0 Å². The summed E-state index contributed by atoms with van der Waals surface area (Å²) < 4.78 is 0. The molecule has 0 saturated heterocycles. The normalized spacial score (nSPS) is 11.1. The van der Waals surface area contributed by atoms with E-state index in [0.717, 1.165) is 29.9 Å². The van der Waals surface area contributed by atoms with E-state index >= 15 is 0 Å². The lowest BCUT2D eigenvalue weighted by molar-refractivity contribution is 0.844. The van der Waals surface area contributed by atoms with E-state index in [1.807, 2.05) is 30.5 Å². The van der Waals surface area contributed by atoms with Gasteiger partial charge in [-0.1, -0.05) is 12.1 Å². The number of anilines is 1. The minimum atomic E-state index is 0.909. The third-order valence-electron chi connectivity index (χ3n) is 3.07. The van der Waals surface area contributed by atoms with Crippen LogP contribution in [0.3, 0.4) is 0 Å². The number of hydrogen-bond acceptors (Lipinski definition) is 4. The molecule has 1 N–H and O–H groups in total. The van der Waals surface area contributed by atoms with Gasteiger partial charge in [0.1, 0.15) is 0 Å². The summed E-state index contributed by atoms with van der Waals surface area (Å²) in [5.41, 5.74) is 2.09. The first-order chi connectivity index (χ1) is 9.22. The molecule has 0 aliphatic carbocycles. The lowest BCUT2D eigenvalue weighted by Crippen LogP contribution is -2.21. The molecular weight excluding hydrogens is 256 g/mol. The molecule has 0 aliphatic heterocycles. The van der Waals surface area contributed by atoms with E-state index in [4.69, 9.17) is 0 Å². The molecule has 5 heteroatoms. The first-order valence-electron chi connectivity index (χ1n) is 6.29. The molecule has 3 rings (SSSR count). The fourth-order valence-electron chi connectivity index (χ4n) is 2.01. The predicted octanol–water partition coefficient (Wildman–Crippen LogP) is 3.01. The summed E-state index contributed by atoms with van der Waals surface area (Å²) in [6.07, 6.45) is 2.88. The molecule has 0 atom stereocenters. The number of rotatable bonds is 4. The van der Waals surface area contributed by atoms with Crippen molar-refractivity contribution < 1.29 is 0 Å². The van der Waals surface area contributed by atoms with E-state index in [0.29, 0.717) is 0 Å². The molecular formula is C14H16N4S. The number of H-pyrrole nitrogens is 1. The number of aromatic amines is 1. The Balaban J connectivity index is 1.71. The maximum Gasteiger partial charge on any atom is 0.203 e. The Morgan fingerprint density at radius 3 is 2.89 bits per heavy atom. The van der Waals surface area contributed by atoms with E-state index in [9.17, 15) is 0 Å². The summed E-state index contributed by atoms with van der Waals surface area (Å²) >= 11 is 1.76. The summed E-state index contributed by atoms with van der Waals surface area (Å²) in [5, 5.41) is 1.18. The number of benzene rings is 1. The average molecular weight is 272 g/mol. The van der Waals surface area contributed by atoms with E-state index < -0.39 is 0 Å². The van der Waals surface area contributed by atoms with Crippen molar-refractivity contribution >= 4 is 28.3 Å². The molecule has 0 aliphatic rings. The number of hydrogen-bond donors (Lipinski definition) is 1. The summed E-state index contributed by atoms with van der Waals surface area (Å²) in [7, 11) is 2.05. The minimum Gasteiger partial charge on any atom is -0.345 e. The van der Waals surface area contributed by atoms with Gasteiger partial charge in [0.15, 0.2) is 0 Å². The Morgan fingerprint density at radius 1 is 1.32 bits per heavy atom. The van der Waals surface area contributed by atoms with Crippen LogP contribution in [0, 0.1) is 6.92 Å². The molecule has 19 heavy (non-hydrogen) atoms. The van der Waals surface area contributed by atoms with Crippen LogP contribution in [-0.2, 0) is 6.42 Å². The summed E-state index contributed by atoms with van der Waals surface area (Å²) in [6.45, 7) is 3.00. The monoisotopic (exact) mass is 272 g/mol. The van der Waals surface area contributed by atoms with Crippen LogP contribution < -0.4 is 4.90 Å². The quantitative estimate of drug-likeness (QED) is 0.794. The zero-order chi connectivity index (χ0) is 13.2. The van der Waals surface area contributed by atoms with Gasteiger partial charge in [0.2, 0.25) is 5.95 Å². The van der Waals surface area contributed by atoms with Crippen LogP contribution in [0.25, 0.3) is 11.0 Å². The number of thiazole rings is 1. The van der Waals surface area contributed by atoms with Crippen LogP contribution in [0.5, 0.6) is 0 Å². The lowest BCUT2D eigenvalue weighted by Gasteiger charge is -2.14. The zero-order valence-electron chi connectivity index (χ0n) is 11.1. The maximum absolute atomic E-state index is 4.58. The number of imidazole rings is 1. The number of aryl methyl sites for hydroxylation is 1. The molecule has 2 aromatic heterocycles. The standard InChI is InChI=1S/C14H16N4S/c1-10-9-15-13(19-10)7-8-18(2)14-16-11-5-3-4-6-12(11)17-14/h3-6,9H,7-8H2,1-2H3,(H,16,17). The smallest absolute Gasteiger partial charge is 0.203 e. The topological polar surface area (TPSA) is 44.8 Å². The second-order valence-corrected chi connectivity index (χ2v) is 5.93. The number of aromatic nitrogens is 3. The van der Waals surface area contributed by atoms with Crippen molar-refractivity contribution in [3.05, 3.63) is 40.3 Å². The van der Waals surface area contributed by atoms with E-state index in [-0.39, 0.29) is 0 Å². The van der Waals surface area contributed by atoms with Crippen molar-refractivity contribution in [3.8, 4) is 0 Å². The number of fused-ring (bicyclic) bond motifs is 1. The largest absolute Gasteiger partial charge is 0.345 e. The molecule has 0 radical (unpaired) electrons. The van der Waals surface area contributed by atoms with Gasteiger partial charge in [-0.05, 0) is 19.1 Å². The molecule has 0 spiro atoms. The van der Waals surface area contributed by atoms with Gasteiger partial charge in [-0.25, -0.2) is 9.97 Å². The Hall–Kier alpha value is -1.88. The first kappa shape index (κ1) is 12.2. The van der Waals surface area contributed by atoms with Crippen molar-refractivity contribution in [2.45, 2.75) is 13.3 Å². The third kappa shape index (κ3) is 2.61. The molecule has 3 aromatic rings. The zero-order valence-corrected chi connectivity index (χ0v) is 11.9. The molecule has 4 nitrogen and oxygen atoms in total. The van der Waals surface area contributed by atoms with Crippen LogP contribution in [-0.4, -0.2) is 28.5 Å². The minimum absolute atomic E-state index is 0.909. The summed E-state index contributed by atoms with van der Waals surface area (Å²) in [6, 6.07) is 8.09. The fraction of sp³-hybridized carbons (Fsp3) is 0.286. The number of nitrogens with one attached hydrogen (secondary N) is 1. The van der Waals surface area contributed by atoms with Crippen LogP contribution in [0.4, 0.5) is 5.95 Å². The van der Waals surface area contributed by atoms with Crippen molar-refractivity contribution in [1.29, 1.82) is 0 Å². The molecule has 98 valence electrons. The Bertz CT molecular complexity index is 652. The summed E-state index contributed by atoms with van der Waals surface area (Å²) in [5.74, 6) is 0.912. The van der Waals surface area contributed by atoms with Crippen LogP contribution >= 0.6 is 11.3 Å². The number of likely N-dealkylation sites (N-methyl/N-ethyl adjacent to an activating group) is 1. The molecule has 0 bridgehead atoms. The Morgan fingerprint density at radius 2 is 2.16 bits per heavy atom. The van der Waals surface area contributed by atoms with Gasteiger partial charge in [-0.15, -0.1) is 11.3 Å². The molecule has 0 saturated carbocycles. The molecule has 1 aromatic carbocycles. The van der Waals surface area contributed by atoms with Gasteiger partial charge >= 0.3 is 0 Å². The molecule has 2 heterocycles. The van der Waals surface area contributed by atoms with Gasteiger partial charge in [-0.2, -0.15) is 0 Å². The first-order valence-corrected chi connectivity index (χ1v) is 7.11. The highest BCUT2D eigenvalue weighted by molar-refractivity contribution is 7.11. The average Bonchev–Trinajstić information content (AvgIpc) is 3.01. The van der Waals surface area contributed by atoms with Crippen molar-refractivity contribution in [2.24, 2.45) is 0 Å². The highest BCUT2D eigenvalue weighted by Gasteiger charge is 2.08. The second kappa shape index (κ2) is 5.01. The highest BCUT2D eigenvalue weighted by atomic mass is 32.1. The van der Waals surface area contributed by atoms with Crippen LogP contribution in [0.2, 0.25) is 0 Å².